The van der Waals surface area contributed by atoms with Crippen molar-refractivity contribution in [2.45, 2.75) is 0 Å². The minimum atomic E-state index is 0.253. The average molecular weight is 310 g/mol. The second kappa shape index (κ2) is 6.08. The van der Waals surface area contributed by atoms with E-state index in [0.29, 0.717) is 26.7 Å². The van der Waals surface area contributed by atoms with Crippen LogP contribution in [0.1, 0.15) is 11.1 Å². The van der Waals surface area contributed by atoms with Gasteiger partial charge in [0.25, 0.3) is 0 Å². The highest BCUT2D eigenvalue weighted by Crippen LogP contribution is 2.34. The lowest BCUT2D eigenvalue weighted by Crippen LogP contribution is -1.88. The Kier molecular flexibility index (Phi) is 4.44. The first kappa shape index (κ1) is 13.9. The Hall–Kier alpha value is -1.53. The van der Waals surface area contributed by atoms with Crippen molar-refractivity contribution >= 4 is 45.4 Å². The molecule has 0 atom stereocenters. The maximum Gasteiger partial charge on any atom is 0.101 e. The Morgan fingerprint density at radius 2 is 2.00 bits per heavy atom. The zero-order valence-electron chi connectivity index (χ0n) is 9.57. The number of hydrogen-bond donors (Lipinski definition) is 0. The van der Waals surface area contributed by atoms with Gasteiger partial charge in [0.05, 0.1) is 10.6 Å². The van der Waals surface area contributed by atoms with E-state index in [1.165, 1.54) is 0 Å². The lowest BCUT2D eigenvalue weighted by atomic mass is 10.1. The van der Waals surface area contributed by atoms with Crippen molar-refractivity contribution in [2.75, 3.05) is 0 Å². The van der Waals surface area contributed by atoms with Crippen LogP contribution in [0.4, 0.5) is 0 Å². The van der Waals surface area contributed by atoms with E-state index in [1.54, 1.807) is 42.7 Å². The molecule has 0 saturated heterocycles. The van der Waals surface area contributed by atoms with Crippen LogP contribution in [0.2, 0.25) is 10.0 Å². The smallest absolute Gasteiger partial charge is 0.101 e. The highest BCUT2D eigenvalue weighted by molar-refractivity contribution is 6.55. The van der Waals surface area contributed by atoms with Crippen LogP contribution in [-0.2, 0) is 0 Å². The molecule has 0 saturated carbocycles. The van der Waals surface area contributed by atoms with Gasteiger partial charge in [-0.1, -0.05) is 40.9 Å². The van der Waals surface area contributed by atoms with Gasteiger partial charge in [-0.25, -0.2) is 0 Å². The van der Waals surface area contributed by atoms with E-state index < -0.39 is 0 Å². The number of halogens is 3. The molecule has 0 amide bonds. The number of allylic oxidation sites excluding steroid dienone is 1. The van der Waals surface area contributed by atoms with Gasteiger partial charge in [-0.2, -0.15) is 5.26 Å². The van der Waals surface area contributed by atoms with Gasteiger partial charge in [0.1, 0.15) is 6.07 Å². The second-order valence-electron chi connectivity index (χ2n) is 3.67. The van der Waals surface area contributed by atoms with Crippen LogP contribution in [0.15, 0.2) is 42.7 Å². The lowest BCUT2D eigenvalue weighted by molar-refractivity contribution is 1.31. The largest absolute Gasteiger partial charge is 0.264 e. The molecular formula is C14H7Cl3N2. The van der Waals surface area contributed by atoms with Gasteiger partial charge in [0.15, 0.2) is 0 Å². The molecule has 94 valence electrons. The summed E-state index contributed by atoms with van der Waals surface area (Å²) in [5.41, 5.74) is 1.46. The first-order chi connectivity index (χ1) is 9.13. The molecule has 5 heteroatoms. The number of benzene rings is 1. The van der Waals surface area contributed by atoms with Gasteiger partial charge in [-0.15, -0.1) is 0 Å². The molecule has 0 spiro atoms. The Labute approximate surface area is 125 Å². The fraction of sp³-hybridized carbons (Fsp3) is 0. The van der Waals surface area contributed by atoms with Gasteiger partial charge >= 0.3 is 0 Å². The Morgan fingerprint density at radius 1 is 1.21 bits per heavy atom. The average Bonchev–Trinajstić information content (AvgIpc) is 2.43. The van der Waals surface area contributed by atoms with Crippen LogP contribution in [-0.4, -0.2) is 4.98 Å². The maximum absolute atomic E-state index is 9.28. The third-order valence-corrected chi connectivity index (χ3v) is 3.40. The third-order valence-electron chi connectivity index (χ3n) is 2.45. The van der Waals surface area contributed by atoms with E-state index in [1.807, 2.05) is 0 Å². The van der Waals surface area contributed by atoms with Crippen LogP contribution in [0.5, 0.6) is 0 Å². The second-order valence-corrected chi connectivity index (χ2v) is 4.89. The number of nitrogens with zero attached hydrogens (tertiary/aromatic N) is 2. The first-order valence-electron chi connectivity index (χ1n) is 5.29. The van der Waals surface area contributed by atoms with Crippen molar-refractivity contribution in [2.24, 2.45) is 0 Å². The van der Waals surface area contributed by atoms with E-state index >= 15 is 0 Å². The first-order valence-corrected chi connectivity index (χ1v) is 6.42. The predicted molar refractivity (Wildman–Crippen MR) is 79.0 cm³/mol. The van der Waals surface area contributed by atoms with E-state index in [2.05, 4.69) is 11.1 Å². The summed E-state index contributed by atoms with van der Waals surface area (Å²) in [7, 11) is 0. The summed E-state index contributed by atoms with van der Waals surface area (Å²) in [5.74, 6) is 0. The monoisotopic (exact) mass is 308 g/mol. The van der Waals surface area contributed by atoms with Crippen molar-refractivity contribution in [1.29, 1.82) is 5.26 Å². The van der Waals surface area contributed by atoms with Crippen molar-refractivity contribution in [3.63, 3.8) is 0 Å². The van der Waals surface area contributed by atoms with Gasteiger partial charge < -0.3 is 0 Å². The molecule has 2 rings (SSSR count). The molecule has 0 aliphatic carbocycles. The minimum absolute atomic E-state index is 0.253. The number of hydrogen-bond acceptors (Lipinski definition) is 2. The molecule has 0 aliphatic heterocycles. The Balaban J connectivity index is 2.62. The molecule has 0 radical (unpaired) electrons. The topological polar surface area (TPSA) is 36.7 Å². The van der Waals surface area contributed by atoms with Gasteiger partial charge in [-0.05, 0) is 24.3 Å². The number of rotatable bonds is 2. The summed E-state index contributed by atoms with van der Waals surface area (Å²) in [6.45, 7) is 0. The summed E-state index contributed by atoms with van der Waals surface area (Å²) < 4.78 is 0. The molecule has 1 aromatic carbocycles. The molecule has 19 heavy (non-hydrogen) atoms. The van der Waals surface area contributed by atoms with Crippen LogP contribution >= 0.6 is 34.8 Å². The van der Waals surface area contributed by atoms with E-state index in [0.717, 1.165) is 0 Å². The maximum atomic E-state index is 9.28. The summed E-state index contributed by atoms with van der Waals surface area (Å²) in [6, 6.07) is 10.5. The van der Waals surface area contributed by atoms with Crippen molar-refractivity contribution in [3.8, 4) is 6.07 Å². The summed E-state index contributed by atoms with van der Waals surface area (Å²) in [4.78, 5) is 3.97. The quantitative estimate of drug-likeness (QED) is 0.730. The number of aromatic nitrogens is 1. The molecule has 1 aromatic heterocycles. The molecule has 0 fully saturated rings. The van der Waals surface area contributed by atoms with Gasteiger partial charge in [0.2, 0.25) is 0 Å². The van der Waals surface area contributed by atoms with Crippen LogP contribution in [0.25, 0.3) is 10.6 Å². The number of pyridine rings is 1. The van der Waals surface area contributed by atoms with E-state index in [-0.39, 0.29) is 5.03 Å². The zero-order chi connectivity index (χ0) is 13.8. The van der Waals surface area contributed by atoms with Crippen LogP contribution in [0.3, 0.4) is 0 Å². The van der Waals surface area contributed by atoms with Crippen molar-refractivity contribution in [3.05, 3.63) is 63.9 Å². The molecule has 2 aromatic rings. The Morgan fingerprint density at radius 3 is 2.63 bits per heavy atom. The van der Waals surface area contributed by atoms with Crippen LogP contribution < -0.4 is 0 Å². The summed E-state index contributed by atoms with van der Waals surface area (Å²) in [6.07, 6.45) is 3.19. The molecule has 0 bridgehead atoms. The molecule has 0 N–H and O–H groups in total. The molecule has 0 unspecified atom stereocenters. The normalized spacial score (nSPS) is 11.7. The fourth-order valence-electron chi connectivity index (χ4n) is 1.55. The molecule has 1 heterocycles. The van der Waals surface area contributed by atoms with E-state index in [4.69, 9.17) is 34.8 Å². The lowest BCUT2D eigenvalue weighted by Gasteiger charge is -2.06. The van der Waals surface area contributed by atoms with Crippen molar-refractivity contribution in [1.82, 2.24) is 4.98 Å². The highest BCUT2D eigenvalue weighted by atomic mass is 35.5. The van der Waals surface area contributed by atoms with Gasteiger partial charge in [-0.3, -0.25) is 4.98 Å². The van der Waals surface area contributed by atoms with Crippen LogP contribution in [0, 0.1) is 11.3 Å². The standard InChI is InChI=1S/C14H7Cl3N2/c15-10-3-4-13(16)11(6-10)14(17)12(7-18)9-2-1-5-19-8-9/h1-6,8H/b14-12-. The summed E-state index contributed by atoms with van der Waals surface area (Å²) in [5, 5.41) is 10.5. The molecule has 0 aliphatic rings. The molecule has 2 nitrogen and oxygen atoms in total. The molecular weight excluding hydrogens is 303 g/mol. The SMILES string of the molecule is N#C/C(=C(/Cl)c1cc(Cl)ccc1Cl)c1cccnc1. The zero-order valence-corrected chi connectivity index (χ0v) is 11.8. The predicted octanol–water partition coefficient (Wildman–Crippen LogP) is 5.02. The van der Waals surface area contributed by atoms with E-state index in [9.17, 15) is 5.26 Å². The minimum Gasteiger partial charge on any atom is -0.264 e. The van der Waals surface area contributed by atoms with Crippen molar-refractivity contribution < 1.29 is 0 Å². The highest BCUT2D eigenvalue weighted by Gasteiger charge is 2.13. The summed E-state index contributed by atoms with van der Waals surface area (Å²) >= 11 is 18.3. The number of nitriles is 1. The Bertz CT molecular complexity index is 673. The fourth-order valence-corrected chi connectivity index (χ4v) is 2.29. The third kappa shape index (κ3) is 3.08. The van der Waals surface area contributed by atoms with Gasteiger partial charge in [0, 0.05) is 33.6 Å².